The van der Waals surface area contributed by atoms with Crippen LogP contribution < -0.4 is 14.8 Å². The summed E-state index contributed by atoms with van der Waals surface area (Å²) in [7, 11) is 3.22. The molecule has 1 aromatic rings. The Labute approximate surface area is 119 Å². The molecule has 1 fully saturated rings. The molecule has 4 nitrogen and oxygen atoms in total. The number of benzene rings is 1. The summed E-state index contributed by atoms with van der Waals surface area (Å²) < 4.78 is 15.8. The summed E-state index contributed by atoms with van der Waals surface area (Å²) in [6.07, 6.45) is 2.19. The maximum absolute atomic E-state index is 6.23. The van der Waals surface area contributed by atoms with E-state index >= 15 is 0 Å². The van der Waals surface area contributed by atoms with Crippen molar-refractivity contribution in [3.63, 3.8) is 0 Å². The highest BCUT2D eigenvalue weighted by Crippen LogP contribution is 2.36. The molecule has 1 aromatic carbocycles. The predicted molar refractivity (Wildman–Crippen MR) is 76.6 cm³/mol. The fraction of sp³-hybridized carbons (Fsp3) is 0.571. The number of anilines is 1. The number of rotatable bonds is 5. The molecule has 1 heterocycles. The van der Waals surface area contributed by atoms with Gasteiger partial charge in [-0.15, -0.1) is 0 Å². The Kier molecular flexibility index (Phi) is 5.16. The van der Waals surface area contributed by atoms with E-state index in [1.165, 1.54) is 0 Å². The van der Waals surface area contributed by atoms with Gasteiger partial charge >= 0.3 is 0 Å². The van der Waals surface area contributed by atoms with Crippen molar-refractivity contribution in [3.05, 3.63) is 17.2 Å². The van der Waals surface area contributed by atoms with Gasteiger partial charge in [-0.05, 0) is 18.8 Å². The van der Waals surface area contributed by atoms with Crippen molar-refractivity contribution >= 4 is 17.3 Å². The molecule has 0 aliphatic carbocycles. The monoisotopic (exact) mass is 285 g/mol. The molecule has 1 saturated heterocycles. The molecule has 1 aliphatic rings. The Morgan fingerprint density at radius 2 is 1.84 bits per heavy atom. The zero-order chi connectivity index (χ0) is 13.7. The molecule has 0 amide bonds. The zero-order valence-corrected chi connectivity index (χ0v) is 12.1. The second-order valence-electron chi connectivity index (χ2n) is 4.62. The average Bonchev–Trinajstić information content (AvgIpc) is 2.46. The average molecular weight is 286 g/mol. The van der Waals surface area contributed by atoms with E-state index in [-0.39, 0.29) is 0 Å². The van der Waals surface area contributed by atoms with Crippen LogP contribution in [0.25, 0.3) is 0 Å². The number of nitrogens with one attached hydrogen (secondary N) is 1. The maximum atomic E-state index is 6.23. The van der Waals surface area contributed by atoms with Gasteiger partial charge in [0.15, 0.2) is 11.5 Å². The molecule has 1 aliphatic heterocycles. The van der Waals surface area contributed by atoms with Crippen LogP contribution in [0.4, 0.5) is 5.69 Å². The predicted octanol–water partition coefficient (Wildman–Crippen LogP) is 3.20. The van der Waals surface area contributed by atoms with Gasteiger partial charge in [0.05, 0.1) is 24.9 Å². The third-order valence-electron chi connectivity index (χ3n) is 3.40. The van der Waals surface area contributed by atoms with E-state index < -0.39 is 0 Å². The zero-order valence-electron chi connectivity index (χ0n) is 11.4. The Morgan fingerprint density at radius 1 is 1.21 bits per heavy atom. The third kappa shape index (κ3) is 3.67. The minimum absolute atomic E-state index is 0.637. The molecular weight excluding hydrogens is 266 g/mol. The van der Waals surface area contributed by atoms with Crippen LogP contribution in [0.15, 0.2) is 12.1 Å². The van der Waals surface area contributed by atoms with Gasteiger partial charge in [-0.25, -0.2) is 0 Å². The van der Waals surface area contributed by atoms with Gasteiger partial charge in [0.2, 0.25) is 0 Å². The number of hydrogen-bond acceptors (Lipinski definition) is 4. The lowest BCUT2D eigenvalue weighted by Gasteiger charge is -2.23. The Morgan fingerprint density at radius 3 is 2.47 bits per heavy atom. The van der Waals surface area contributed by atoms with Crippen molar-refractivity contribution in [1.82, 2.24) is 0 Å². The second-order valence-corrected chi connectivity index (χ2v) is 5.03. The van der Waals surface area contributed by atoms with E-state index in [0.717, 1.165) is 38.3 Å². The molecule has 2 rings (SSSR count). The van der Waals surface area contributed by atoms with E-state index in [9.17, 15) is 0 Å². The maximum Gasteiger partial charge on any atom is 0.162 e. The molecule has 0 atom stereocenters. The molecule has 0 saturated carbocycles. The first-order valence-electron chi connectivity index (χ1n) is 6.47. The summed E-state index contributed by atoms with van der Waals surface area (Å²) >= 11 is 6.23. The van der Waals surface area contributed by atoms with Crippen molar-refractivity contribution in [2.45, 2.75) is 12.8 Å². The number of methoxy groups -OCH3 is 2. The van der Waals surface area contributed by atoms with Crippen molar-refractivity contribution in [2.24, 2.45) is 5.92 Å². The van der Waals surface area contributed by atoms with Crippen LogP contribution in [0.1, 0.15) is 12.8 Å². The standard InChI is InChI=1S/C14H20ClNO3/c1-17-13-7-11(15)12(8-14(13)18-2)16-9-10-3-5-19-6-4-10/h7-8,10,16H,3-6,9H2,1-2H3. The molecule has 0 unspecified atom stereocenters. The van der Waals surface area contributed by atoms with Crippen LogP contribution in [0.2, 0.25) is 5.02 Å². The van der Waals surface area contributed by atoms with Gasteiger partial charge in [-0.1, -0.05) is 11.6 Å². The Balaban J connectivity index is 2.02. The van der Waals surface area contributed by atoms with Crippen molar-refractivity contribution in [2.75, 3.05) is 39.3 Å². The lowest BCUT2D eigenvalue weighted by Crippen LogP contribution is -2.22. The lowest BCUT2D eigenvalue weighted by molar-refractivity contribution is 0.0699. The van der Waals surface area contributed by atoms with E-state index in [0.29, 0.717) is 22.4 Å². The van der Waals surface area contributed by atoms with Crippen LogP contribution in [-0.2, 0) is 4.74 Å². The summed E-state index contributed by atoms with van der Waals surface area (Å²) in [4.78, 5) is 0. The van der Waals surface area contributed by atoms with Crippen molar-refractivity contribution in [1.29, 1.82) is 0 Å². The van der Waals surface area contributed by atoms with Gasteiger partial charge in [-0.2, -0.15) is 0 Å². The highest BCUT2D eigenvalue weighted by molar-refractivity contribution is 6.33. The van der Waals surface area contributed by atoms with Gasteiger partial charge in [0.25, 0.3) is 0 Å². The normalized spacial score (nSPS) is 16.2. The summed E-state index contributed by atoms with van der Waals surface area (Å²) in [6, 6.07) is 3.65. The van der Waals surface area contributed by atoms with Gasteiger partial charge in [0.1, 0.15) is 0 Å². The molecule has 5 heteroatoms. The number of halogens is 1. The summed E-state index contributed by atoms with van der Waals surface area (Å²) in [5, 5.41) is 4.03. The lowest BCUT2D eigenvalue weighted by atomic mass is 10.0. The van der Waals surface area contributed by atoms with E-state index in [2.05, 4.69) is 5.32 Å². The fourth-order valence-electron chi connectivity index (χ4n) is 2.19. The highest BCUT2D eigenvalue weighted by atomic mass is 35.5. The first kappa shape index (κ1) is 14.3. The largest absolute Gasteiger partial charge is 0.493 e. The molecule has 19 heavy (non-hydrogen) atoms. The second kappa shape index (κ2) is 6.87. The minimum Gasteiger partial charge on any atom is -0.493 e. The quantitative estimate of drug-likeness (QED) is 0.902. The topological polar surface area (TPSA) is 39.7 Å². The fourth-order valence-corrected chi connectivity index (χ4v) is 2.41. The highest BCUT2D eigenvalue weighted by Gasteiger charge is 2.15. The SMILES string of the molecule is COc1cc(Cl)c(NCC2CCOCC2)cc1OC. The molecular formula is C14H20ClNO3. The summed E-state index contributed by atoms with van der Waals surface area (Å²) in [5.41, 5.74) is 0.880. The van der Waals surface area contributed by atoms with Crippen molar-refractivity contribution < 1.29 is 14.2 Å². The first-order chi connectivity index (χ1) is 9.24. The van der Waals surface area contributed by atoms with E-state index in [1.54, 1.807) is 20.3 Å². The molecule has 106 valence electrons. The first-order valence-corrected chi connectivity index (χ1v) is 6.85. The molecule has 0 bridgehead atoms. The van der Waals surface area contributed by atoms with Crippen LogP contribution in [0.3, 0.4) is 0 Å². The number of hydrogen-bond donors (Lipinski definition) is 1. The van der Waals surface area contributed by atoms with Crippen LogP contribution in [0.5, 0.6) is 11.5 Å². The molecule has 0 aromatic heterocycles. The Bertz CT molecular complexity index is 419. The van der Waals surface area contributed by atoms with E-state index in [1.807, 2.05) is 6.07 Å². The summed E-state index contributed by atoms with van der Waals surface area (Å²) in [5.74, 6) is 1.96. The van der Waals surface area contributed by atoms with Gasteiger partial charge in [0, 0.05) is 31.9 Å². The molecule has 1 N–H and O–H groups in total. The van der Waals surface area contributed by atoms with Crippen LogP contribution in [-0.4, -0.2) is 34.0 Å². The van der Waals surface area contributed by atoms with Gasteiger partial charge in [-0.3, -0.25) is 0 Å². The van der Waals surface area contributed by atoms with E-state index in [4.69, 9.17) is 25.8 Å². The van der Waals surface area contributed by atoms with Crippen LogP contribution in [0, 0.1) is 5.92 Å². The van der Waals surface area contributed by atoms with Crippen molar-refractivity contribution in [3.8, 4) is 11.5 Å². The third-order valence-corrected chi connectivity index (χ3v) is 3.71. The van der Waals surface area contributed by atoms with Crippen LogP contribution >= 0.6 is 11.6 Å². The summed E-state index contributed by atoms with van der Waals surface area (Å²) in [6.45, 7) is 2.61. The van der Waals surface area contributed by atoms with Gasteiger partial charge < -0.3 is 19.5 Å². The number of ether oxygens (including phenoxy) is 3. The Hall–Kier alpha value is -1.13. The minimum atomic E-state index is 0.637. The molecule has 0 spiro atoms. The smallest absolute Gasteiger partial charge is 0.162 e. The molecule has 0 radical (unpaired) electrons.